The van der Waals surface area contributed by atoms with Gasteiger partial charge in [-0.3, -0.25) is 14.4 Å². The summed E-state index contributed by atoms with van der Waals surface area (Å²) in [6.07, 6.45) is 0.210. The van der Waals surface area contributed by atoms with Crippen molar-refractivity contribution in [3.05, 3.63) is 89.5 Å². The van der Waals surface area contributed by atoms with Crippen molar-refractivity contribution in [1.82, 2.24) is 10.2 Å². The smallest absolute Gasteiger partial charge is 0.274 e. The highest BCUT2D eigenvalue weighted by Crippen LogP contribution is 2.29. The van der Waals surface area contributed by atoms with Crippen LogP contribution in [0.15, 0.2) is 77.7 Å². The van der Waals surface area contributed by atoms with Gasteiger partial charge in [-0.05, 0) is 53.3 Å². The number of anilines is 2. The lowest BCUT2D eigenvalue weighted by Gasteiger charge is -2.27. The van der Waals surface area contributed by atoms with Crippen LogP contribution < -0.4 is 20.8 Å². The van der Waals surface area contributed by atoms with E-state index in [9.17, 15) is 18.0 Å². The van der Waals surface area contributed by atoms with Gasteiger partial charge in [0.1, 0.15) is 6.04 Å². The first-order valence-corrected chi connectivity index (χ1v) is 13.8. The van der Waals surface area contributed by atoms with Gasteiger partial charge in [0.05, 0.1) is 22.9 Å². The Bertz CT molecular complexity index is 1400. The number of fused-ring (bicyclic) bond motifs is 1. The van der Waals surface area contributed by atoms with Gasteiger partial charge in [-0.2, -0.15) is 0 Å². The summed E-state index contributed by atoms with van der Waals surface area (Å²) in [4.78, 5) is 30.6. The maximum Gasteiger partial charge on any atom is 0.274 e. The summed E-state index contributed by atoms with van der Waals surface area (Å²) in [6, 6.07) is 20.4. The Morgan fingerprint density at radius 3 is 2.37 bits per heavy atom. The van der Waals surface area contributed by atoms with Crippen molar-refractivity contribution >= 4 is 33.2 Å². The van der Waals surface area contributed by atoms with E-state index in [0.717, 1.165) is 11.1 Å². The Balaban J connectivity index is 1.32. The minimum absolute atomic E-state index is 0.0529. The second kappa shape index (κ2) is 11.3. The van der Waals surface area contributed by atoms with E-state index in [4.69, 9.17) is 4.84 Å². The lowest BCUT2D eigenvalue weighted by atomic mass is 9.87. The molecule has 38 heavy (non-hydrogen) atoms. The molecule has 2 amide bonds. The molecule has 0 radical (unpaired) electrons. The van der Waals surface area contributed by atoms with Crippen LogP contribution in [0, 0.1) is 0 Å². The first-order chi connectivity index (χ1) is 18.0. The van der Waals surface area contributed by atoms with Crippen LogP contribution in [-0.4, -0.2) is 32.8 Å². The maximum absolute atomic E-state index is 12.7. The van der Waals surface area contributed by atoms with E-state index in [1.165, 1.54) is 0 Å². The highest BCUT2D eigenvalue weighted by Gasteiger charge is 2.27. The molecule has 3 aromatic rings. The van der Waals surface area contributed by atoms with Crippen LogP contribution in [0.5, 0.6) is 0 Å². The Hall–Kier alpha value is -3.73. The number of hydrogen-bond donors (Lipinski definition) is 4. The van der Waals surface area contributed by atoms with Crippen LogP contribution in [0.4, 0.5) is 11.4 Å². The largest absolute Gasteiger partial charge is 0.372 e. The molecule has 1 heterocycles. The zero-order valence-electron chi connectivity index (χ0n) is 21.6. The number of hydroxylamine groups is 1. The number of hydrogen-bond acceptors (Lipinski definition) is 6. The van der Waals surface area contributed by atoms with Crippen molar-refractivity contribution in [2.75, 3.05) is 17.2 Å². The third-order valence-electron chi connectivity index (χ3n) is 6.19. The van der Waals surface area contributed by atoms with Crippen LogP contribution in [-0.2, 0) is 31.7 Å². The average molecular weight is 537 g/mol. The molecule has 1 aliphatic rings. The van der Waals surface area contributed by atoms with Gasteiger partial charge in [-0.15, -0.1) is 0 Å². The first-order valence-electron chi connectivity index (χ1n) is 12.3. The zero-order valence-corrected chi connectivity index (χ0v) is 22.4. The summed E-state index contributed by atoms with van der Waals surface area (Å²) in [5.74, 6) is -0.709. The van der Waals surface area contributed by atoms with Crippen LogP contribution in [0.1, 0.15) is 48.7 Å². The van der Waals surface area contributed by atoms with E-state index in [2.05, 4.69) is 41.6 Å². The van der Waals surface area contributed by atoms with Crippen molar-refractivity contribution < 1.29 is 22.8 Å². The Morgan fingerprint density at radius 1 is 0.974 bits per heavy atom. The van der Waals surface area contributed by atoms with Crippen molar-refractivity contribution in [2.45, 2.75) is 50.2 Å². The average Bonchev–Trinajstić information content (AvgIpc) is 2.89. The summed E-state index contributed by atoms with van der Waals surface area (Å²) in [7, 11) is -3.72. The van der Waals surface area contributed by atoms with Crippen molar-refractivity contribution in [3.63, 3.8) is 0 Å². The van der Waals surface area contributed by atoms with E-state index in [1.54, 1.807) is 30.3 Å². The van der Waals surface area contributed by atoms with Gasteiger partial charge in [-0.1, -0.05) is 63.2 Å². The van der Waals surface area contributed by atoms with Crippen molar-refractivity contribution in [1.29, 1.82) is 0 Å². The molecule has 4 rings (SSSR count). The Kier molecular flexibility index (Phi) is 8.15. The summed E-state index contributed by atoms with van der Waals surface area (Å²) >= 11 is 0. The zero-order chi connectivity index (χ0) is 27.3. The maximum atomic E-state index is 12.7. The van der Waals surface area contributed by atoms with Gasteiger partial charge in [0.2, 0.25) is 15.9 Å². The highest BCUT2D eigenvalue weighted by atomic mass is 32.2. The number of carbonyl (C=O) groups excluding carboxylic acids is 2. The predicted molar refractivity (Wildman–Crippen MR) is 146 cm³/mol. The van der Waals surface area contributed by atoms with Gasteiger partial charge in [0.25, 0.3) is 5.91 Å². The van der Waals surface area contributed by atoms with Gasteiger partial charge in [0, 0.05) is 12.1 Å². The minimum Gasteiger partial charge on any atom is -0.372 e. The van der Waals surface area contributed by atoms with Crippen LogP contribution in [0.3, 0.4) is 0 Å². The van der Waals surface area contributed by atoms with E-state index < -0.39 is 22.0 Å². The molecule has 0 fully saturated rings. The van der Waals surface area contributed by atoms with E-state index in [1.807, 2.05) is 42.5 Å². The van der Waals surface area contributed by atoms with Gasteiger partial charge < -0.3 is 10.6 Å². The fourth-order valence-electron chi connectivity index (χ4n) is 3.96. The number of carbonyl (C=O) groups is 2. The summed E-state index contributed by atoms with van der Waals surface area (Å²) in [5.41, 5.74) is 5.74. The lowest BCUT2D eigenvalue weighted by Crippen LogP contribution is -2.41. The Morgan fingerprint density at radius 2 is 1.68 bits per heavy atom. The molecule has 0 saturated carbocycles. The minimum atomic E-state index is -3.72. The Labute approximate surface area is 223 Å². The summed E-state index contributed by atoms with van der Waals surface area (Å²) in [5, 5.41) is 5.91. The quantitative estimate of drug-likeness (QED) is 0.307. The first kappa shape index (κ1) is 27.3. The molecule has 0 saturated heterocycles. The van der Waals surface area contributed by atoms with Gasteiger partial charge in [-0.25, -0.2) is 18.6 Å². The van der Waals surface area contributed by atoms with Crippen molar-refractivity contribution in [3.8, 4) is 0 Å². The molecule has 10 heteroatoms. The fraction of sp³-hybridized carbons (Fsp3) is 0.286. The number of benzene rings is 3. The standard InChI is InChI=1S/C28H32N4O5S/c1-28(2,3)21-10-12-22(13-11-21)38(35,36)29-16-15-24-27(34)31-23-14-9-20(17-25(23)30-24)26(33)32-37-18-19-7-5-4-6-8-19/h4-14,17,24,29-30H,15-16,18H2,1-3H3,(H,31,34)(H,32,33). The molecule has 1 aliphatic heterocycles. The highest BCUT2D eigenvalue weighted by molar-refractivity contribution is 7.89. The normalized spacial score (nSPS) is 15.2. The molecular formula is C28H32N4O5S. The third-order valence-corrected chi connectivity index (χ3v) is 7.67. The number of nitrogens with one attached hydrogen (secondary N) is 4. The van der Waals surface area contributed by atoms with E-state index in [-0.39, 0.29) is 35.8 Å². The predicted octanol–water partition coefficient (Wildman–Crippen LogP) is 3.95. The second-order valence-corrected chi connectivity index (χ2v) is 11.9. The van der Waals surface area contributed by atoms with Crippen LogP contribution in [0.2, 0.25) is 0 Å². The molecule has 0 spiro atoms. The molecule has 1 atom stereocenters. The molecule has 9 nitrogen and oxygen atoms in total. The number of rotatable bonds is 9. The molecule has 1 unspecified atom stereocenters. The van der Waals surface area contributed by atoms with Crippen LogP contribution in [0.25, 0.3) is 0 Å². The van der Waals surface area contributed by atoms with Crippen LogP contribution >= 0.6 is 0 Å². The molecule has 3 aromatic carbocycles. The molecule has 4 N–H and O–H groups in total. The van der Waals surface area contributed by atoms with Gasteiger partial charge in [0.15, 0.2) is 0 Å². The molecular weight excluding hydrogens is 504 g/mol. The fourth-order valence-corrected chi connectivity index (χ4v) is 5.01. The third kappa shape index (κ3) is 6.77. The lowest BCUT2D eigenvalue weighted by molar-refractivity contribution is -0.117. The molecule has 0 aromatic heterocycles. The topological polar surface area (TPSA) is 126 Å². The SMILES string of the molecule is CC(C)(C)c1ccc(S(=O)(=O)NCCC2Nc3cc(C(=O)NOCc4ccccc4)ccc3NC2=O)cc1. The number of sulfonamides is 1. The monoisotopic (exact) mass is 536 g/mol. The summed E-state index contributed by atoms with van der Waals surface area (Å²) in [6.45, 7) is 6.46. The van der Waals surface area contributed by atoms with E-state index >= 15 is 0 Å². The number of amides is 2. The molecule has 0 aliphatic carbocycles. The molecule has 0 bridgehead atoms. The van der Waals surface area contributed by atoms with Gasteiger partial charge >= 0.3 is 0 Å². The van der Waals surface area contributed by atoms with Crippen molar-refractivity contribution in [2.24, 2.45) is 0 Å². The second-order valence-electron chi connectivity index (χ2n) is 10.1. The summed E-state index contributed by atoms with van der Waals surface area (Å²) < 4.78 is 28.0. The van der Waals surface area contributed by atoms with E-state index in [0.29, 0.717) is 16.9 Å². The molecule has 200 valence electrons.